The molecule has 1 aromatic carbocycles. The monoisotopic (exact) mass is 481 g/mol. The van der Waals surface area contributed by atoms with Gasteiger partial charge in [0.2, 0.25) is 0 Å². The van der Waals surface area contributed by atoms with Crippen LogP contribution < -0.4 is 0 Å². The first kappa shape index (κ1) is 22.6. The lowest BCUT2D eigenvalue weighted by Crippen LogP contribution is -2.56. The van der Waals surface area contributed by atoms with Gasteiger partial charge in [0.25, 0.3) is 0 Å². The van der Waals surface area contributed by atoms with E-state index < -0.39 is 5.60 Å². The number of thioether (sulfide) groups is 1. The van der Waals surface area contributed by atoms with Crippen LogP contribution in [0.15, 0.2) is 40.9 Å². The number of rotatable bonds is 4. The molecule has 2 aromatic rings. The largest absolute Gasteiger partial charge is 0.388 e. The van der Waals surface area contributed by atoms with Gasteiger partial charge in [0, 0.05) is 17.4 Å². The second-order valence-electron chi connectivity index (χ2n) is 12.1. The molecule has 4 aliphatic carbocycles. The van der Waals surface area contributed by atoms with Gasteiger partial charge in [-0.1, -0.05) is 68.8 Å². The fraction of sp³-hybridized carbons (Fsp3) is 0.690. The van der Waals surface area contributed by atoms with Crippen LogP contribution in [0.4, 0.5) is 0 Å². The summed E-state index contributed by atoms with van der Waals surface area (Å²) in [5, 5.41) is 12.1. The summed E-state index contributed by atoms with van der Waals surface area (Å²) in [7, 11) is 0. The fourth-order valence-corrected chi connectivity index (χ4v) is 11.2. The number of hydrogen-bond donors (Lipinski definition) is 1. The highest BCUT2D eigenvalue weighted by molar-refractivity contribution is 8.01. The molecule has 0 unspecified atom stereocenters. The lowest BCUT2D eigenvalue weighted by atomic mass is 9.44. The fourth-order valence-electron chi connectivity index (χ4n) is 8.88. The molecule has 1 aromatic heterocycles. The van der Waals surface area contributed by atoms with Crippen LogP contribution in [-0.2, 0) is 0 Å². The molecule has 0 bridgehead atoms. The molecule has 33 heavy (non-hydrogen) atoms. The molecule has 0 amide bonds. The molecule has 4 aliphatic rings. The minimum Gasteiger partial charge on any atom is -0.388 e. The molecule has 0 saturated heterocycles. The minimum atomic E-state index is -0.559. The number of fused-ring (bicyclic) bond motifs is 5. The molecule has 4 heteroatoms. The van der Waals surface area contributed by atoms with Gasteiger partial charge >= 0.3 is 0 Å². The van der Waals surface area contributed by atoms with Crippen molar-refractivity contribution < 1.29 is 5.11 Å². The molecule has 0 spiro atoms. The average molecular weight is 482 g/mol. The van der Waals surface area contributed by atoms with E-state index >= 15 is 0 Å². The number of thiazole rings is 1. The summed E-state index contributed by atoms with van der Waals surface area (Å²) < 4.78 is 1.10. The molecule has 178 valence electrons. The molecule has 2 nitrogen and oxygen atoms in total. The van der Waals surface area contributed by atoms with Gasteiger partial charge in [-0.15, -0.1) is 11.3 Å². The quantitative estimate of drug-likeness (QED) is 0.448. The molecule has 0 radical (unpaired) electrons. The molecule has 4 saturated carbocycles. The first-order valence-electron chi connectivity index (χ1n) is 13.3. The third kappa shape index (κ3) is 3.57. The van der Waals surface area contributed by atoms with E-state index in [4.69, 9.17) is 4.98 Å². The van der Waals surface area contributed by atoms with Crippen molar-refractivity contribution >= 4 is 23.1 Å². The predicted octanol–water partition coefficient (Wildman–Crippen LogP) is 8.07. The maximum atomic E-state index is 12.1. The maximum Gasteiger partial charge on any atom is 0.150 e. The van der Waals surface area contributed by atoms with Crippen molar-refractivity contribution in [1.29, 1.82) is 0 Å². The predicted molar refractivity (Wildman–Crippen MR) is 140 cm³/mol. The number of nitrogens with zero attached hydrogens (tertiary/aromatic N) is 1. The smallest absolute Gasteiger partial charge is 0.150 e. The zero-order valence-electron chi connectivity index (χ0n) is 20.3. The van der Waals surface area contributed by atoms with Gasteiger partial charge in [-0.25, -0.2) is 4.98 Å². The van der Waals surface area contributed by atoms with Crippen molar-refractivity contribution in [3.8, 4) is 10.4 Å². The van der Waals surface area contributed by atoms with E-state index in [-0.39, 0.29) is 5.41 Å². The van der Waals surface area contributed by atoms with Crippen molar-refractivity contribution in [2.45, 2.75) is 88.0 Å². The Labute approximate surface area is 208 Å². The van der Waals surface area contributed by atoms with E-state index in [1.807, 2.05) is 6.20 Å². The number of benzene rings is 1. The van der Waals surface area contributed by atoms with E-state index in [1.165, 1.54) is 68.2 Å². The third-order valence-corrected chi connectivity index (χ3v) is 13.3. The van der Waals surface area contributed by atoms with E-state index in [1.54, 1.807) is 23.1 Å². The van der Waals surface area contributed by atoms with Crippen molar-refractivity contribution in [3.05, 3.63) is 36.5 Å². The Balaban J connectivity index is 1.18. The normalized spacial score (nSPS) is 42.4. The van der Waals surface area contributed by atoms with Gasteiger partial charge in [-0.3, -0.25) is 0 Å². The summed E-state index contributed by atoms with van der Waals surface area (Å²) in [5.74, 6) is 4.21. The second-order valence-corrected chi connectivity index (χ2v) is 14.3. The molecule has 1 heterocycles. The van der Waals surface area contributed by atoms with Crippen LogP contribution in [0.3, 0.4) is 0 Å². The van der Waals surface area contributed by atoms with Crippen LogP contribution in [-0.4, -0.2) is 21.4 Å². The highest BCUT2D eigenvalue weighted by Gasteiger charge is 2.64. The first-order chi connectivity index (χ1) is 15.9. The van der Waals surface area contributed by atoms with Gasteiger partial charge in [0.05, 0.1) is 10.5 Å². The molecular formula is C29H39NOS2. The number of aliphatic hydroxyl groups is 1. The Hall–Kier alpha value is -0.840. The number of aromatic nitrogens is 1. The first-order valence-corrected chi connectivity index (χ1v) is 15.1. The lowest BCUT2D eigenvalue weighted by molar-refractivity contribution is -0.143. The van der Waals surface area contributed by atoms with Gasteiger partial charge in [0.15, 0.2) is 0 Å². The van der Waals surface area contributed by atoms with Crippen LogP contribution in [0.25, 0.3) is 10.4 Å². The van der Waals surface area contributed by atoms with Gasteiger partial charge < -0.3 is 5.11 Å². The van der Waals surface area contributed by atoms with Crippen LogP contribution in [0.5, 0.6) is 0 Å². The highest BCUT2D eigenvalue weighted by atomic mass is 32.2. The maximum absolute atomic E-state index is 12.1. The summed E-state index contributed by atoms with van der Waals surface area (Å²) >= 11 is 3.56. The summed E-state index contributed by atoms with van der Waals surface area (Å²) in [4.78, 5) is 5.92. The Bertz CT molecular complexity index is 991. The SMILES string of the molecule is C[C@]12CCCC[C@H]1CC[C@@H]1[C@@H]2CC[C@@]2(C)[C@H]1CC[C@@]2(O)CSc1ncc(-c2ccccc2)s1. The summed E-state index contributed by atoms with van der Waals surface area (Å²) in [6, 6.07) is 10.5. The van der Waals surface area contributed by atoms with Crippen LogP contribution in [0.1, 0.15) is 78.1 Å². The van der Waals surface area contributed by atoms with Crippen molar-refractivity contribution in [3.63, 3.8) is 0 Å². The Morgan fingerprint density at radius 3 is 2.64 bits per heavy atom. The topological polar surface area (TPSA) is 33.1 Å². The zero-order chi connectivity index (χ0) is 22.7. The lowest BCUT2D eigenvalue weighted by Gasteiger charge is -2.61. The molecular weight excluding hydrogens is 442 g/mol. The summed E-state index contributed by atoms with van der Waals surface area (Å²) in [6.45, 7) is 5.11. The van der Waals surface area contributed by atoms with Crippen LogP contribution >= 0.6 is 23.1 Å². The highest BCUT2D eigenvalue weighted by Crippen LogP contribution is 2.68. The van der Waals surface area contributed by atoms with Crippen LogP contribution in [0.2, 0.25) is 0 Å². The number of hydrogen-bond acceptors (Lipinski definition) is 4. The summed E-state index contributed by atoms with van der Waals surface area (Å²) in [5.41, 5.74) is 1.32. The average Bonchev–Trinajstić information content (AvgIpc) is 3.41. The molecule has 7 atom stereocenters. The van der Waals surface area contributed by atoms with E-state index in [0.29, 0.717) is 11.3 Å². The zero-order valence-corrected chi connectivity index (χ0v) is 21.9. The van der Waals surface area contributed by atoms with Crippen molar-refractivity contribution in [2.75, 3.05) is 5.75 Å². The Morgan fingerprint density at radius 2 is 1.79 bits per heavy atom. The Kier molecular flexibility index (Phi) is 5.74. The van der Waals surface area contributed by atoms with Gasteiger partial charge in [0.1, 0.15) is 4.34 Å². The van der Waals surface area contributed by atoms with Gasteiger partial charge in [-0.2, -0.15) is 0 Å². The summed E-state index contributed by atoms with van der Waals surface area (Å²) in [6.07, 6.45) is 15.4. The van der Waals surface area contributed by atoms with Gasteiger partial charge in [-0.05, 0) is 86.0 Å². The Morgan fingerprint density at radius 1 is 0.970 bits per heavy atom. The minimum absolute atomic E-state index is 0.0680. The molecule has 0 aliphatic heterocycles. The van der Waals surface area contributed by atoms with Crippen molar-refractivity contribution in [1.82, 2.24) is 4.98 Å². The standard InChI is InChI=1S/C29H39NOS2/c1-27-15-7-6-10-21(27)11-12-22-23(27)13-16-28(2)24(22)14-17-29(28,31)19-32-26-30-18-25(33-26)20-8-4-3-5-9-20/h3-5,8-9,18,21-24,31H,6-7,10-17,19H2,1-2H3/t21-,22+,23-,24-,27-,28-,29+/m0/s1. The molecule has 4 fully saturated rings. The second kappa shape index (κ2) is 8.38. The third-order valence-electron chi connectivity index (χ3n) is 10.9. The van der Waals surface area contributed by atoms with Crippen LogP contribution in [0, 0.1) is 34.5 Å². The van der Waals surface area contributed by atoms with E-state index in [0.717, 1.165) is 34.3 Å². The molecule has 1 N–H and O–H groups in total. The van der Waals surface area contributed by atoms with Crippen molar-refractivity contribution in [2.24, 2.45) is 34.5 Å². The van der Waals surface area contributed by atoms with E-state index in [9.17, 15) is 5.11 Å². The van der Waals surface area contributed by atoms with E-state index in [2.05, 4.69) is 44.2 Å². The molecule has 6 rings (SSSR count).